The summed E-state index contributed by atoms with van der Waals surface area (Å²) in [5, 5.41) is 9.50. The lowest BCUT2D eigenvalue weighted by molar-refractivity contribution is 0.0992. The fraction of sp³-hybridized carbons (Fsp3) is 0.450. The number of fused-ring (bicyclic) bond motifs is 3. The number of hydrogen-bond donors (Lipinski definition) is 2. The van der Waals surface area contributed by atoms with Crippen LogP contribution in [0.15, 0.2) is 47.5 Å². The van der Waals surface area contributed by atoms with E-state index < -0.39 is 0 Å². The third-order valence-electron chi connectivity index (χ3n) is 5.06. The van der Waals surface area contributed by atoms with Crippen LogP contribution in [0.5, 0.6) is 0 Å². The quantitative estimate of drug-likeness (QED) is 0.671. The van der Waals surface area contributed by atoms with Crippen molar-refractivity contribution < 1.29 is 4.74 Å². The molecule has 2 N–H and O–H groups in total. The Labute approximate surface area is 143 Å². The molecule has 0 spiro atoms. The number of benzene rings is 2. The van der Waals surface area contributed by atoms with Crippen molar-refractivity contribution in [3.05, 3.63) is 48.0 Å². The number of aliphatic imine (C=N–C) groups is 1. The van der Waals surface area contributed by atoms with E-state index in [0.717, 1.165) is 18.9 Å². The SMILES string of the molecule is CCNC(=NCc1cccc2ccccc12)NC1CC2CCC1O2. The van der Waals surface area contributed by atoms with Crippen molar-refractivity contribution in [2.24, 2.45) is 4.99 Å². The molecule has 2 fully saturated rings. The topological polar surface area (TPSA) is 45.7 Å². The zero-order valence-electron chi connectivity index (χ0n) is 14.2. The second-order valence-corrected chi connectivity index (χ2v) is 6.69. The average Bonchev–Trinajstić information content (AvgIpc) is 3.23. The van der Waals surface area contributed by atoms with Gasteiger partial charge in [0.1, 0.15) is 0 Å². The molecular formula is C20H25N3O. The molecule has 4 nitrogen and oxygen atoms in total. The molecule has 2 aliphatic heterocycles. The van der Waals surface area contributed by atoms with Crippen LogP contribution in [0.3, 0.4) is 0 Å². The third-order valence-corrected chi connectivity index (χ3v) is 5.06. The van der Waals surface area contributed by atoms with Crippen LogP contribution in [-0.4, -0.2) is 30.8 Å². The fourth-order valence-electron chi connectivity index (χ4n) is 3.88. The molecule has 4 rings (SSSR count). The number of nitrogens with zero attached hydrogens (tertiary/aromatic N) is 1. The molecule has 2 aliphatic rings. The summed E-state index contributed by atoms with van der Waals surface area (Å²) in [6.07, 6.45) is 4.30. The number of hydrogen-bond acceptors (Lipinski definition) is 2. The summed E-state index contributed by atoms with van der Waals surface area (Å²) in [5.74, 6) is 0.895. The minimum atomic E-state index is 0.358. The molecule has 2 aromatic rings. The van der Waals surface area contributed by atoms with Gasteiger partial charge in [0.05, 0.1) is 24.8 Å². The highest BCUT2D eigenvalue weighted by atomic mass is 16.5. The van der Waals surface area contributed by atoms with Crippen molar-refractivity contribution >= 4 is 16.7 Å². The van der Waals surface area contributed by atoms with Gasteiger partial charge in [0.25, 0.3) is 0 Å². The molecule has 2 aromatic carbocycles. The maximum atomic E-state index is 5.94. The van der Waals surface area contributed by atoms with Crippen molar-refractivity contribution in [2.45, 2.75) is 51.0 Å². The van der Waals surface area contributed by atoms with Gasteiger partial charge in [0.15, 0.2) is 5.96 Å². The molecule has 0 saturated carbocycles. The van der Waals surface area contributed by atoms with Crippen molar-refractivity contribution in [1.82, 2.24) is 10.6 Å². The zero-order chi connectivity index (χ0) is 16.4. The first kappa shape index (κ1) is 15.5. The summed E-state index contributed by atoms with van der Waals surface area (Å²) in [5.41, 5.74) is 1.26. The van der Waals surface area contributed by atoms with E-state index in [9.17, 15) is 0 Å². The molecule has 0 aromatic heterocycles. The Bertz CT molecular complexity index is 737. The summed E-state index contributed by atoms with van der Waals surface area (Å²) in [6.45, 7) is 3.65. The fourth-order valence-corrected chi connectivity index (χ4v) is 3.88. The van der Waals surface area contributed by atoms with E-state index in [2.05, 4.69) is 60.0 Å². The van der Waals surface area contributed by atoms with Gasteiger partial charge < -0.3 is 15.4 Å². The maximum absolute atomic E-state index is 5.94. The summed E-state index contributed by atoms with van der Waals surface area (Å²) in [6, 6.07) is 15.3. The molecule has 0 aliphatic carbocycles. The molecule has 0 radical (unpaired) electrons. The monoisotopic (exact) mass is 323 g/mol. The largest absolute Gasteiger partial charge is 0.373 e. The minimum Gasteiger partial charge on any atom is -0.373 e. The summed E-state index contributed by atoms with van der Waals surface area (Å²) in [4.78, 5) is 4.82. The van der Waals surface area contributed by atoms with Crippen molar-refractivity contribution in [1.29, 1.82) is 0 Å². The Morgan fingerprint density at radius 3 is 2.83 bits per heavy atom. The average molecular weight is 323 g/mol. The number of ether oxygens (including phenoxy) is 1. The molecule has 0 amide bonds. The van der Waals surface area contributed by atoms with Gasteiger partial charge in [-0.15, -0.1) is 0 Å². The van der Waals surface area contributed by atoms with Gasteiger partial charge in [-0.1, -0.05) is 42.5 Å². The van der Waals surface area contributed by atoms with E-state index in [1.165, 1.54) is 29.2 Å². The van der Waals surface area contributed by atoms with Gasteiger partial charge in [-0.25, -0.2) is 4.99 Å². The third kappa shape index (κ3) is 3.11. The Kier molecular flexibility index (Phi) is 4.39. The smallest absolute Gasteiger partial charge is 0.191 e. The predicted octanol–water partition coefficient (Wildman–Crippen LogP) is 3.21. The van der Waals surface area contributed by atoms with E-state index in [4.69, 9.17) is 9.73 Å². The lowest BCUT2D eigenvalue weighted by Crippen LogP contribution is -2.47. The molecule has 2 saturated heterocycles. The highest BCUT2D eigenvalue weighted by Crippen LogP contribution is 2.34. The van der Waals surface area contributed by atoms with Crippen LogP contribution in [0.25, 0.3) is 10.8 Å². The summed E-state index contributed by atoms with van der Waals surface area (Å²) >= 11 is 0. The Balaban J connectivity index is 1.50. The second kappa shape index (κ2) is 6.81. The summed E-state index contributed by atoms with van der Waals surface area (Å²) < 4.78 is 5.94. The maximum Gasteiger partial charge on any atom is 0.191 e. The molecule has 2 heterocycles. The van der Waals surface area contributed by atoms with E-state index in [1.807, 2.05) is 0 Å². The Morgan fingerprint density at radius 1 is 1.17 bits per heavy atom. The van der Waals surface area contributed by atoms with E-state index >= 15 is 0 Å². The Morgan fingerprint density at radius 2 is 2.04 bits per heavy atom. The molecule has 3 atom stereocenters. The molecule has 24 heavy (non-hydrogen) atoms. The van der Waals surface area contributed by atoms with Crippen LogP contribution in [-0.2, 0) is 11.3 Å². The zero-order valence-corrected chi connectivity index (χ0v) is 14.2. The first-order valence-corrected chi connectivity index (χ1v) is 9.00. The van der Waals surface area contributed by atoms with Crippen LogP contribution in [0.1, 0.15) is 31.7 Å². The van der Waals surface area contributed by atoms with Crippen LogP contribution in [0.4, 0.5) is 0 Å². The normalized spacial score (nSPS) is 26.0. The molecule has 126 valence electrons. The Hall–Kier alpha value is -2.07. The van der Waals surface area contributed by atoms with Crippen LogP contribution in [0, 0.1) is 0 Å². The van der Waals surface area contributed by atoms with Gasteiger partial charge in [0, 0.05) is 6.54 Å². The molecule has 4 heteroatoms. The van der Waals surface area contributed by atoms with E-state index in [0.29, 0.717) is 24.8 Å². The van der Waals surface area contributed by atoms with Gasteiger partial charge in [0.2, 0.25) is 0 Å². The van der Waals surface area contributed by atoms with E-state index in [-0.39, 0.29) is 0 Å². The first-order chi connectivity index (χ1) is 11.8. The van der Waals surface area contributed by atoms with Gasteiger partial charge >= 0.3 is 0 Å². The highest BCUT2D eigenvalue weighted by molar-refractivity contribution is 5.86. The van der Waals surface area contributed by atoms with Crippen LogP contribution >= 0.6 is 0 Å². The lowest BCUT2D eigenvalue weighted by Gasteiger charge is -2.22. The van der Waals surface area contributed by atoms with Crippen molar-refractivity contribution in [3.63, 3.8) is 0 Å². The minimum absolute atomic E-state index is 0.358. The second-order valence-electron chi connectivity index (χ2n) is 6.69. The number of nitrogens with one attached hydrogen (secondary N) is 2. The van der Waals surface area contributed by atoms with E-state index in [1.54, 1.807) is 0 Å². The molecule has 3 unspecified atom stereocenters. The standard InChI is InChI=1S/C20H25N3O/c1-2-21-20(23-18-12-16-10-11-19(18)24-16)22-13-15-8-5-7-14-6-3-4-9-17(14)15/h3-9,16,18-19H,2,10-13H2,1H3,(H2,21,22,23). The van der Waals surface area contributed by atoms with Gasteiger partial charge in [-0.2, -0.15) is 0 Å². The predicted molar refractivity (Wildman–Crippen MR) is 98.2 cm³/mol. The molecular weight excluding hydrogens is 298 g/mol. The van der Waals surface area contributed by atoms with Gasteiger partial charge in [-0.3, -0.25) is 0 Å². The van der Waals surface area contributed by atoms with Crippen LogP contribution < -0.4 is 10.6 Å². The lowest BCUT2D eigenvalue weighted by atomic mass is 9.96. The van der Waals surface area contributed by atoms with Crippen molar-refractivity contribution in [2.75, 3.05) is 6.54 Å². The highest BCUT2D eigenvalue weighted by Gasteiger charge is 2.41. The van der Waals surface area contributed by atoms with Gasteiger partial charge in [-0.05, 0) is 42.5 Å². The van der Waals surface area contributed by atoms with Crippen molar-refractivity contribution in [3.8, 4) is 0 Å². The van der Waals surface area contributed by atoms with Crippen LogP contribution in [0.2, 0.25) is 0 Å². The number of guanidine groups is 1. The first-order valence-electron chi connectivity index (χ1n) is 9.00. The summed E-state index contributed by atoms with van der Waals surface area (Å²) in [7, 11) is 0. The molecule has 2 bridgehead atoms. The number of rotatable bonds is 4.